The normalized spacial score (nSPS) is 11.2. The Morgan fingerprint density at radius 1 is 1.12 bits per heavy atom. The summed E-state index contributed by atoms with van der Waals surface area (Å²) in [6.07, 6.45) is 0.550. The van der Waals surface area contributed by atoms with Gasteiger partial charge in [-0.3, -0.25) is 4.99 Å². The van der Waals surface area contributed by atoms with Gasteiger partial charge < -0.3 is 25.2 Å². The molecule has 0 aliphatic rings. The number of aromatic hydroxyl groups is 1. The number of hydrogen-bond acceptors (Lipinski definition) is 4. The van der Waals surface area contributed by atoms with Crippen molar-refractivity contribution in [2.24, 2.45) is 4.99 Å². The van der Waals surface area contributed by atoms with E-state index in [1.165, 1.54) is 20.3 Å². The maximum Gasteiger partial charge on any atom is 0.200 e. The Bertz CT molecular complexity index is 740. The first-order valence-corrected chi connectivity index (χ1v) is 8.20. The van der Waals surface area contributed by atoms with Gasteiger partial charge in [-0.1, -0.05) is 18.2 Å². The number of nitrogens with one attached hydrogen (secondary N) is 2. The lowest BCUT2D eigenvalue weighted by molar-refractivity contribution is 0.339. The minimum absolute atomic E-state index is 0.0360. The molecular formula is C19H24FN3O3. The largest absolute Gasteiger partial charge is 0.502 e. The highest BCUT2D eigenvalue weighted by atomic mass is 19.1. The fourth-order valence-electron chi connectivity index (χ4n) is 2.47. The van der Waals surface area contributed by atoms with Gasteiger partial charge in [-0.25, -0.2) is 4.39 Å². The van der Waals surface area contributed by atoms with E-state index in [1.54, 1.807) is 31.3 Å². The smallest absolute Gasteiger partial charge is 0.200 e. The Morgan fingerprint density at radius 3 is 2.35 bits per heavy atom. The maximum atomic E-state index is 13.6. The number of phenolic OH excluding ortho intramolecular Hbond substituents is 1. The Balaban J connectivity index is 1.92. The van der Waals surface area contributed by atoms with E-state index in [1.807, 2.05) is 6.07 Å². The molecule has 6 nitrogen and oxygen atoms in total. The molecule has 0 atom stereocenters. The highest BCUT2D eigenvalue weighted by Gasteiger charge is 2.11. The van der Waals surface area contributed by atoms with Crippen molar-refractivity contribution in [2.75, 3.05) is 27.8 Å². The van der Waals surface area contributed by atoms with E-state index in [2.05, 4.69) is 15.6 Å². The summed E-state index contributed by atoms with van der Waals surface area (Å²) < 4.78 is 23.9. The molecule has 140 valence electrons. The van der Waals surface area contributed by atoms with Gasteiger partial charge in [0.25, 0.3) is 0 Å². The minimum atomic E-state index is -0.208. The Morgan fingerprint density at radius 2 is 1.77 bits per heavy atom. The average Bonchev–Trinajstić information content (AvgIpc) is 2.66. The summed E-state index contributed by atoms with van der Waals surface area (Å²) in [7, 11) is 4.63. The molecule has 0 aliphatic heterocycles. The third-order valence-electron chi connectivity index (χ3n) is 3.87. The molecular weight excluding hydrogens is 337 g/mol. The molecule has 0 saturated heterocycles. The van der Waals surface area contributed by atoms with Gasteiger partial charge in [-0.2, -0.15) is 0 Å². The van der Waals surface area contributed by atoms with Gasteiger partial charge in [-0.15, -0.1) is 0 Å². The van der Waals surface area contributed by atoms with Gasteiger partial charge in [0.2, 0.25) is 5.75 Å². The van der Waals surface area contributed by atoms with E-state index >= 15 is 0 Å². The summed E-state index contributed by atoms with van der Waals surface area (Å²) in [6, 6.07) is 10.1. The first-order chi connectivity index (χ1) is 12.6. The van der Waals surface area contributed by atoms with Crippen molar-refractivity contribution in [2.45, 2.75) is 13.0 Å². The van der Waals surface area contributed by atoms with Crippen LogP contribution in [0.3, 0.4) is 0 Å². The molecule has 26 heavy (non-hydrogen) atoms. The number of hydrogen-bond donors (Lipinski definition) is 3. The van der Waals surface area contributed by atoms with Crippen LogP contribution in [-0.4, -0.2) is 38.9 Å². The van der Waals surface area contributed by atoms with Gasteiger partial charge >= 0.3 is 0 Å². The number of phenols is 1. The van der Waals surface area contributed by atoms with Crippen molar-refractivity contribution >= 4 is 5.96 Å². The monoisotopic (exact) mass is 361 g/mol. The number of nitrogens with zero attached hydrogens (tertiary/aromatic N) is 1. The summed E-state index contributed by atoms with van der Waals surface area (Å²) in [6.45, 7) is 0.995. The molecule has 0 fully saturated rings. The van der Waals surface area contributed by atoms with Crippen LogP contribution in [0.4, 0.5) is 4.39 Å². The molecule has 0 spiro atoms. The second-order valence-corrected chi connectivity index (χ2v) is 5.54. The Hall–Kier alpha value is -2.96. The van der Waals surface area contributed by atoms with Crippen molar-refractivity contribution < 1.29 is 19.0 Å². The Labute approximate surface area is 152 Å². The molecule has 2 aromatic rings. The van der Waals surface area contributed by atoms with E-state index in [0.717, 1.165) is 5.56 Å². The number of halogens is 1. The molecule has 0 unspecified atom stereocenters. The van der Waals surface area contributed by atoms with Crippen LogP contribution in [0.5, 0.6) is 17.2 Å². The first-order valence-electron chi connectivity index (χ1n) is 8.20. The van der Waals surface area contributed by atoms with Crippen molar-refractivity contribution in [1.29, 1.82) is 0 Å². The molecule has 0 radical (unpaired) electrons. The van der Waals surface area contributed by atoms with Gasteiger partial charge in [0, 0.05) is 20.1 Å². The van der Waals surface area contributed by atoms with Crippen LogP contribution < -0.4 is 20.1 Å². The van der Waals surface area contributed by atoms with Gasteiger partial charge in [0.15, 0.2) is 17.5 Å². The van der Waals surface area contributed by atoms with Gasteiger partial charge in [-0.05, 0) is 35.7 Å². The predicted octanol–water partition coefficient (Wildman–Crippen LogP) is 2.46. The SMILES string of the molecule is CN=C(NCCc1ccccc1F)NCc1cc(OC)c(O)c(OC)c1. The summed E-state index contributed by atoms with van der Waals surface area (Å²) in [4.78, 5) is 4.15. The summed E-state index contributed by atoms with van der Waals surface area (Å²) >= 11 is 0. The lowest BCUT2D eigenvalue weighted by atomic mass is 10.1. The molecule has 0 aliphatic carbocycles. The standard InChI is InChI=1S/C19H24FN3O3/c1-21-19(22-9-8-14-6-4-5-7-15(14)20)23-12-13-10-16(25-2)18(24)17(11-13)26-3/h4-7,10-11,24H,8-9,12H2,1-3H3,(H2,21,22,23). The van der Waals surface area contributed by atoms with Crippen molar-refractivity contribution in [3.05, 3.63) is 53.3 Å². The average molecular weight is 361 g/mol. The van der Waals surface area contributed by atoms with Gasteiger partial charge in [0.05, 0.1) is 14.2 Å². The number of ether oxygens (including phenoxy) is 2. The van der Waals surface area contributed by atoms with Crippen LogP contribution in [0.2, 0.25) is 0 Å². The molecule has 2 aromatic carbocycles. The van der Waals surface area contributed by atoms with E-state index in [4.69, 9.17) is 9.47 Å². The molecule has 0 heterocycles. The second kappa shape index (κ2) is 9.50. The van der Waals surface area contributed by atoms with Crippen molar-refractivity contribution in [3.63, 3.8) is 0 Å². The van der Waals surface area contributed by atoms with E-state index in [9.17, 15) is 9.50 Å². The maximum absolute atomic E-state index is 13.6. The summed E-state index contributed by atoms with van der Waals surface area (Å²) in [5, 5.41) is 16.3. The molecule has 2 rings (SSSR count). The van der Waals surface area contributed by atoms with Crippen LogP contribution >= 0.6 is 0 Å². The van der Waals surface area contributed by atoms with Crippen molar-refractivity contribution in [1.82, 2.24) is 10.6 Å². The fraction of sp³-hybridized carbons (Fsp3) is 0.316. The quantitative estimate of drug-likeness (QED) is 0.522. The highest BCUT2D eigenvalue weighted by molar-refractivity contribution is 5.79. The van der Waals surface area contributed by atoms with Crippen LogP contribution in [0.25, 0.3) is 0 Å². The number of benzene rings is 2. The third kappa shape index (κ3) is 5.02. The van der Waals surface area contributed by atoms with Crippen LogP contribution in [0, 0.1) is 5.82 Å². The van der Waals surface area contributed by atoms with Crippen LogP contribution in [0.1, 0.15) is 11.1 Å². The molecule has 3 N–H and O–H groups in total. The number of rotatable bonds is 7. The van der Waals surface area contributed by atoms with Crippen LogP contribution in [-0.2, 0) is 13.0 Å². The fourth-order valence-corrected chi connectivity index (χ4v) is 2.47. The topological polar surface area (TPSA) is 75.1 Å². The predicted molar refractivity (Wildman–Crippen MR) is 99.5 cm³/mol. The van der Waals surface area contributed by atoms with Crippen molar-refractivity contribution in [3.8, 4) is 17.2 Å². The summed E-state index contributed by atoms with van der Waals surface area (Å²) in [5.41, 5.74) is 1.51. The Kier molecular flexibility index (Phi) is 7.08. The second-order valence-electron chi connectivity index (χ2n) is 5.54. The highest BCUT2D eigenvalue weighted by Crippen LogP contribution is 2.36. The lowest BCUT2D eigenvalue weighted by Gasteiger charge is -2.14. The van der Waals surface area contributed by atoms with E-state index in [-0.39, 0.29) is 11.6 Å². The molecule has 7 heteroatoms. The zero-order valence-corrected chi connectivity index (χ0v) is 15.2. The third-order valence-corrected chi connectivity index (χ3v) is 3.87. The zero-order chi connectivity index (χ0) is 18.9. The summed E-state index contributed by atoms with van der Waals surface area (Å²) in [5.74, 6) is 1.02. The van der Waals surface area contributed by atoms with E-state index in [0.29, 0.717) is 42.5 Å². The lowest BCUT2D eigenvalue weighted by Crippen LogP contribution is -2.37. The molecule has 0 aromatic heterocycles. The number of guanidine groups is 1. The molecule has 0 saturated carbocycles. The first kappa shape index (κ1) is 19.4. The minimum Gasteiger partial charge on any atom is -0.502 e. The number of methoxy groups -OCH3 is 2. The van der Waals surface area contributed by atoms with Crippen LogP contribution in [0.15, 0.2) is 41.4 Å². The van der Waals surface area contributed by atoms with Gasteiger partial charge in [0.1, 0.15) is 5.82 Å². The zero-order valence-electron chi connectivity index (χ0n) is 15.2. The molecule has 0 amide bonds. The molecule has 0 bridgehead atoms. The number of aliphatic imine (C=N–C) groups is 1. The van der Waals surface area contributed by atoms with E-state index < -0.39 is 0 Å².